The van der Waals surface area contributed by atoms with E-state index in [1.54, 1.807) is 0 Å². The summed E-state index contributed by atoms with van der Waals surface area (Å²) in [4.78, 5) is 0. The van der Waals surface area contributed by atoms with E-state index in [4.69, 9.17) is 13.6 Å². The molecule has 0 N–H and O–H groups in total. The molecule has 0 aromatic rings. The van der Waals surface area contributed by atoms with Crippen LogP contribution in [0, 0.1) is 0 Å². The van der Waals surface area contributed by atoms with E-state index >= 15 is 0 Å². The SMILES string of the molecule is C=CC[C@@H]1CC=C[C@H]2O[Si](C(C)(C)C)(C(C)(C)C)OC[C@H]2O1. The summed E-state index contributed by atoms with van der Waals surface area (Å²) in [5.41, 5.74) is 0. The average Bonchev–Trinajstić information content (AvgIpc) is 2.57. The fraction of sp³-hybridized carbons (Fsp3) is 0.778. The van der Waals surface area contributed by atoms with Crippen molar-refractivity contribution in [2.45, 2.75) is 82.8 Å². The maximum Gasteiger partial charge on any atom is 0.349 e. The second-order valence-corrected chi connectivity index (χ2v) is 13.3. The van der Waals surface area contributed by atoms with Gasteiger partial charge in [-0.25, -0.2) is 0 Å². The molecule has 2 aliphatic heterocycles. The van der Waals surface area contributed by atoms with Gasteiger partial charge in [0.15, 0.2) is 0 Å². The van der Waals surface area contributed by atoms with Gasteiger partial charge >= 0.3 is 8.56 Å². The van der Waals surface area contributed by atoms with Gasteiger partial charge in [-0.3, -0.25) is 0 Å². The van der Waals surface area contributed by atoms with Gasteiger partial charge in [0.25, 0.3) is 0 Å². The summed E-state index contributed by atoms with van der Waals surface area (Å²) < 4.78 is 19.4. The summed E-state index contributed by atoms with van der Waals surface area (Å²) >= 11 is 0. The highest BCUT2D eigenvalue weighted by Gasteiger charge is 2.61. The Hall–Kier alpha value is -0.423. The van der Waals surface area contributed by atoms with Crippen molar-refractivity contribution in [2.24, 2.45) is 0 Å². The van der Waals surface area contributed by atoms with Crippen LogP contribution in [-0.4, -0.2) is 33.5 Å². The molecule has 1 fully saturated rings. The molecule has 0 amide bonds. The minimum Gasteiger partial charge on any atom is -0.391 e. The van der Waals surface area contributed by atoms with Crippen LogP contribution in [-0.2, 0) is 13.6 Å². The summed E-state index contributed by atoms with van der Waals surface area (Å²) in [5.74, 6) is 0. The van der Waals surface area contributed by atoms with E-state index in [2.05, 4.69) is 60.3 Å². The lowest BCUT2D eigenvalue weighted by Gasteiger charge is -2.54. The molecule has 0 spiro atoms. The van der Waals surface area contributed by atoms with Crippen LogP contribution in [0.15, 0.2) is 24.8 Å². The van der Waals surface area contributed by atoms with Gasteiger partial charge in [-0.15, -0.1) is 6.58 Å². The van der Waals surface area contributed by atoms with Crippen molar-refractivity contribution < 1.29 is 13.6 Å². The molecule has 2 rings (SSSR count). The van der Waals surface area contributed by atoms with Gasteiger partial charge in [0, 0.05) is 10.1 Å². The van der Waals surface area contributed by atoms with Crippen molar-refractivity contribution in [2.75, 3.05) is 6.61 Å². The molecule has 0 unspecified atom stereocenters. The van der Waals surface area contributed by atoms with Crippen LogP contribution in [0.2, 0.25) is 10.1 Å². The molecule has 0 bridgehead atoms. The average molecular weight is 325 g/mol. The number of hydrogen-bond donors (Lipinski definition) is 0. The summed E-state index contributed by atoms with van der Waals surface area (Å²) in [6.45, 7) is 17.9. The quantitative estimate of drug-likeness (QED) is 0.543. The standard InChI is InChI=1S/C18H32O3Si/c1-8-10-14-11-9-12-15-16(20-14)13-19-22(21-15,17(2,3)4)18(5,6)7/h8-9,12,14-16H,1,10-11,13H2,2-7H3/t14-,15-,16-/m1/s1. The smallest absolute Gasteiger partial charge is 0.349 e. The molecule has 2 aliphatic rings. The van der Waals surface area contributed by atoms with Crippen LogP contribution in [0.25, 0.3) is 0 Å². The van der Waals surface area contributed by atoms with E-state index in [9.17, 15) is 0 Å². The molecule has 0 saturated carbocycles. The predicted octanol–water partition coefficient (Wildman–Crippen LogP) is 4.73. The van der Waals surface area contributed by atoms with Crippen molar-refractivity contribution in [3.8, 4) is 0 Å². The zero-order valence-electron chi connectivity index (χ0n) is 15.0. The fourth-order valence-electron chi connectivity index (χ4n) is 3.79. The third kappa shape index (κ3) is 3.25. The molecule has 0 radical (unpaired) electrons. The van der Waals surface area contributed by atoms with Crippen molar-refractivity contribution >= 4 is 8.56 Å². The van der Waals surface area contributed by atoms with Crippen LogP contribution in [0.3, 0.4) is 0 Å². The fourth-order valence-corrected chi connectivity index (χ4v) is 8.70. The van der Waals surface area contributed by atoms with E-state index in [1.165, 1.54) is 0 Å². The molecule has 0 aliphatic carbocycles. The van der Waals surface area contributed by atoms with Crippen molar-refractivity contribution in [1.29, 1.82) is 0 Å². The predicted molar refractivity (Wildman–Crippen MR) is 93.2 cm³/mol. The van der Waals surface area contributed by atoms with E-state index in [0.717, 1.165) is 12.8 Å². The molecule has 0 aromatic carbocycles. The van der Waals surface area contributed by atoms with Gasteiger partial charge in [-0.05, 0) is 12.8 Å². The van der Waals surface area contributed by atoms with E-state index in [-0.39, 0.29) is 28.4 Å². The van der Waals surface area contributed by atoms with Gasteiger partial charge < -0.3 is 13.6 Å². The highest BCUT2D eigenvalue weighted by Crippen LogP contribution is 2.54. The Kier molecular flexibility index (Phi) is 5.08. The van der Waals surface area contributed by atoms with E-state index in [1.807, 2.05) is 6.08 Å². The first-order valence-electron chi connectivity index (χ1n) is 8.35. The number of hydrogen-bond acceptors (Lipinski definition) is 3. The Balaban J connectivity index is 2.25. The van der Waals surface area contributed by atoms with Gasteiger partial charge in [-0.2, -0.15) is 0 Å². The van der Waals surface area contributed by atoms with Gasteiger partial charge in [0.1, 0.15) is 6.10 Å². The van der Waals surface area contributed by atoms with Crippen LogP contribution in [0.4, 0.5) is 0 Å². The molecule has 2 heterocycles. The number of ether oxygens (including phenoxy) is 1. The first-order valence-corrected chi connectivity index (χ1v) is 10.2. The molecule has 3 nitrogen and oxygen atoms in total. The maximum atomic E-state index is 6.69. The second kappa shape index (κ2) is 6.23. The topological polar surface area (TPSA) is 27.7 Å². The highest BCUT2D eigenvalue weighted by atomic mass is 28.4. The second-order valence-electron chi connectivity index (χ2n) is 8.49. The van der Waals surface area contributed by atoms with Crippen LogP contribution >= 0.6 is 0 Å². The molecule has 126 valence electrons. The molecule has 4 heteroatoms. The Morgan fingerprint density at radius 3 is 2.36 bits per heavy atom. The number of rotatable bonds is 2. The van der Waals surface area contributed by atoms with E-state index in [0.29, 0.717) is 6.61 Å². The Bertz CT molecular complexity index is 417. The first kappa shape index (κ1) is 17.9. The number of fused-ring (bicyclic) bond motifs is 1. The van der Waals surface area contributed by atoms with Gasteiger partial charge in [-0.1, -0.05) is 59.8 Å². The minimum absolute atomic E-state index is 0.00553. The van der Waals surface area contributed by atoms with Crippen molar-refractivity contribution in [3.05, 3.63) is 24.8 Å². The molecule has 1 saturated heterocycles. The van der Waals surface area contributed by atoms with Gasteiger partial charge in [0.2, 0.25) is 0 Å². The largest absolute Gasteiger partial charge is 0.391 e. The molecular weight excluding hydrogens is 292 g/mol. The lowest BCUT2D eigenvalue weighted by molar-refractivity contribution is -0.112. The molecule has 22 heavy (non-hydrogen) atoms. The molecular formula is C18H32O3Si. The summed E-state index contributed by atoms with van der Waals surface area (Å²) in [7, 11) is -2.41. The monoisotopic (exact) mass is 324 g/mol. The normalized spacial score (nSPS) is 32.2. The summed E-state index contributed by atoms with van der Waals surface area (Å²) in [5, 5.41) is 0.0216. The maximum absolute atomic E-state index is 6.69. The zero-order chi connectivity index (χ0) is 16.6. The summed E-state index contributed by atoms with van der Waals surface area (Å²) in [6.07, 6.45) is 8.30. The Morgan fingerprint density at radius 1 is 1.18 bits per heavy atom. The first-order chi connectivity index (χ1) is 10.1. The van der Waals surface area contributed by atoms with Crippen molar-refractivity contribution in [3.63, 3.8) is 0 Å². The third-order valence-electron chi connectivity index (χ3n) is 4.62. The van der Waals surface area contributed by atoms with Crippen LogP contribution in [0.5, 0.6) is 0 Å². The minimum atomic E-state index is -2.41. The lowest BCUT2D eigenvalue weighted by Crippen LogP contribution is -2.64. The Labute approximate surface area is 137 Å². The molecule has 0 aromatic heterocycles. The molecule has 3 atom stereocenters. The summed E-state index contributed by atoms with van der Waals surface area (Å²) in [6, 6.07) is 0. The van der Waals surface area contributed by atoms with Gasteiger partial charge in [0.05, 0.1) is 18.8 Å². The zero-order valence-corrected chi connectivity index (χ0v) is 16.0. The lowest BCUT2D eigenvalue weighted by atomic mass is 10.2. The van der Waals surface area contributed by atoms with Crippen molar-refractivity contribution in [1.82, 2.24) is 0 Å². The highest BCUT2D eigenvalue weighted by molar-refractivity contribution is 6.73. The third-order valence-corrected chi connectivity index (χ3v) is 9.74. The van der Waals surface area contributed by atoms with Crippen LogP contribution in [0.1, 0.15) is 54.4 Å². The van der Waals surface area contributed by atoms with E-state index < -0.39 is 8.56 Å². The Morgan fingerprint density at radius 2 is 1.82 bits per heavy atom. The van der Waals surface area contributed by atoms with Crippen LogP contribution < -0.4 is 0 Å².